The number of amides is 2. The highest BCUT2D eigenvalue weighted by Crippen LogP contribution is 2.24. The van der Waals surface area contributed by atoms with E-state index in [4.69, 9.17) is 9.15 Å². The molecule has 0 saturated carbocycles. The molecule has 0 unspecified atom stereocenters. The van der Waals surface area contributed by atoms with E-state index in [-0.39, 0.29) is 43.6 Å². The number of hydrogen-bond donors (Lipinski definition) is 0. The first kappa shape index (κ1) is 20.3. The molecule has 0 radical (unpaired) electrons. The number of carbonyl (C=O) groups is 4. The van der Waals surface area contributed by atoms with Crippen molar-refractivity contribution < 1.29 is 33.1 Å². The number of esters is 2. The predicted molar refractivity (Wildman–Crippen MR) is 100 cm³/mol. The fraction of sp³-hybridized carbons (Fsp3) is 0.333. The minimum atomic E-state index is -0.601. The summed E-state index contributed by atoms with van der Waals surface area (Å²) in [6.45, 7) is 3.55. The molecule has 0 atom stereocenters. The van der Waals surface area contributed by atoms with Crippen LogP contribution in [0.25, 0.3) is 0 Å². The number of ether oxygens (including phenoxy) is 2. The van der Waals surface area contributed by atoms with Crippen LogP contribution in [-0.2, 0) is 20.9 Å². The summed E-state index contributed by atoms with van der Waals surface area (Å²) in [5, 5.41) is 0. The van der Waals surface area contributed by atoms with Crippen molar-refractivity contribution in [2.75, 3.05) is 13.7 Å². The van der Waals surface area contributed by atoms with Crippen molar-refractivity contribution in [2.45, 2.75) is 33.3 Å². The van der Waals surface area contributed by atoms with Crippen LogP contribution in [0.5, 0.6) is 0 Å². The van der Waals surface area contributed by atoms with Gasteiger partial charge in [0.15, 0.2) is 0 Å². The Morgan fingerprint density at radius 1 is 1.07 bits per heavy atom. The van der Waals surface area contributed by atoms with Crippen molar-refractivity contribution in [2.24, 2.45) is 0 Å². The lowest BCUT2D eigenvalue weighted by atomic mass is 10.1. The number of rotatable bonds is 7. The van der Waals surface area contributed by atoms with Gasteiger partial charge < -0.3 is 13.9 Å². The lowest BCUT2D eigenvalue weighted by molar-refractivity contribution is -0.145. The van der Waals surface area contributed by atoms with Crippen molar-refractivity contribution in [1.29, 1.82) is 0 Å². The van der Waals surface area contributed by atoms with Crippen molar-refractivity contribution in [1.82, 2.24) is 4.90 Å². The molecule has 3 rings (SSSR count). The Bertz CT molecular complexity index is 989. The largest absolute Gasteiger partial charge is 0.463 e. The number of carbonyl (C=O) groups excluding carboxylic acids is 4. The Morgan fingerprint density at radius 3 is 2.52 bits per heavy atom. The number of methoxy groups -OCH3 is 1. The Hall–Kier alpha value is -3.42. The maximum absolute atomic E-state index is 12.4. The third-order valence-corrected chi connectivity index (χ3v) is 4.60. The molecule has 0 saturated heterocycles. The van der Waals surface area contributed by atoms with Crippen LogP contribution in [-0.4, -0.2) is 42.3 Å². The van der Waals surface area contributed by atoms with Gasteiger partial charge in [0.1, 0.15) is 12.4 Å². The highest BCUT2D eigenvalue weighted by atomic mass is 16.5. The third kappa shape index (κ3) is 4.21. The number of benzene rings is 1. The molecule has 0 N–H and O–H groups in total. The van der Waals surface area contributed by atoms with Crippen LogP contribution in [0.3, 0.4) is 0 Å². The molecule has 2 amide bonds. The van der Waals surface area contributed by atoms with Crippen LogP contribution in [0.1, 0.15) is 61.0 Å². The molecule has 0 spiro atoms. The standard InChI is InChI=1S/C21H21NO7/c1-12-6-7-15-16(9-12)20(25)22(19(15)24)8-4-5-17(23)28-11-14-10-13(2)18(29-14)21(26)27-3/h6-7,9-10H,4-5,8,11H2,1-3H3. The van der Waals surface area contributed by atoms with Gasteiger partial charge in [-0.2, -0.15) is 0 Å². The van der Waals surface area contributed by atoms with Crippen LogP contribution in [0.4, 0.5) is 0 Å². The first-order valence-corrected chi connectivity index (χ1v) is 9.12. The fourth-order valence-corrected chi connectivity index (χ4v) is 3.13. The summed E-state index contributed by atoms with van der Waals surface area (Å²) in [6.07, 6.45) is 0.323. The Kier molecular flexibility index (Phi) is 5.81. The number of aryl methyl sites for hydroxylation is 2. The summed E-state index contributed by atoms with van der Waals surface area (Å²) in [6, 6.07) is 6.72. The molecule has 1 aliphatic rings. The second kappa shape index (κ2) is 8.30. The molecule has 1 aliphatic heterocycles. The summed E-state index contributed by atoms with van der Waals surface area (Å²) in [7, 11) is 1.25. The highest BCUT2D eigenvalue weighted by molar-refractivity contribution is 6.21. The molecule has 1 aromatic heterocycles. The average Bonchev–Trinajstić information content (AvgIpc) is 3.18. The van der Waals surface area contributed by atoms with E-state index in [0.717, 1.165) is 10.5 Å². The molecule has 0 bridgehead atoms. The molecular weight excluding hydrogens is 378 g/mol. The molecule has 8 nitrogen and oxygen atoms in total. The molecule has 29 heavy (non-hydrogen) atoms. The maximum Gasteiger partial charge on any atom is 0.374 e. The zero-order chi connectivity index (χ0) is 21.1. The van der Waals surface area contributed by atoms with Crippen LogP contribution in [0.15, 0.2) is 28.7 Å². The second-order valence-electron chi connectivity index (χ2n) is 6.79. The van der Waals surface area contributed by atoms with Crippen LogP contribution in [0, 0.1) is 13.8 Å². The first-order valence-electron chi connectivity index (χ1n) is 9.12. The van der Waals surface area contributed by atoms with Gasteiger partial charge in [-0.3, -0.25) is 19.3 Å². The van der Waals surface area contributed by atoms with E-state index < -0.39 is 11.9 Å². The number of fused-ring (bicyclic) bond motifs is 1. The van der Waals surface area contributed by atoms with E-state index >= 15 is 0 Å². The molecule has 2 heterocycles. The van der Waals surface area contributed by atoms with Crippen LogP contribution < -0.4 is 0 Å². The van der Waals surface area contributed by atoms with Gasteiger partial charge in [-0.15, -0.1) is 0 Å². The second-order valence-corrected chi connectivity index (χ2v) is 6.79. The van der Waals surface area contributed by atoms with Gasteiger partial charge in [0.2, 0.25) is 5.76 Å². The van der Waals surface area contributed by atoms with Crippen molar-refractivity contribution >= 4 is 23.8 Å². The Morgan fingerprint density at radius 2 is 1.79 bits per heavy atom. The van der Waals surface area contributed by atoms with Crippen molar-refractivity contribution in [3.8, 4) is 0 Å². The van der Waals surface area contributed by atoms with E-state index in [0.29, 0.717) is 22.5 Å². The Balaban J connectivity index is 1.48. The topological polar surface area (TPSA) is 103 Å². The minimum absolute atomic E-state index is 0.0377. The van der Waals surface area contributed by atoms with E-state index in [9.17, 15) is 19.2 Å². The highest BCUT2D eigenvalue weighted by Gasteiger charge is 2.35. The minimum Gasteiger partial charge on any atom is -0.463 e. The SMILES string of the molecule is COC(=O)c1oc(COC(=O)CCCN2C(=O)c3ccc(C)cc3C2=O)cc1C. The molecule has 1 aromatic carbocycles. The molecule has 2 aromatic rings. The van der Waals surface area contributed by atoms with E-state index in [1.165, 1.54) is 7.11 Å². The van der Waals surface area contributed by atoms with Gasteiger partial charge in [0.25, 0.3) is 11.8 Å². The number of hydrogen-bond acceptors (Lipinski definition) is 7. The summed E-state index contributed by atoms with van der Waals surface area (Å²) in [5.74, 6) is -1.39. The molecule has 152 valence electrons. The van der Waals surface area contributed by atoms with Gasteiger partial charge >= 0.3 is 11.9 Å². The monoisotopic (exact) mass is 399 g/mol. The first-order chi connectivity index (χ1) is 13.8. The quantitative estimate of drug-likeness (QED) is 0.521. The number of furan rings is 1. The smallest absolute Gasteiger partial charge is 0.374 e. The predicted octanol–water partition coefficient (Wildman–Crippen LogP) is 2.80. The van der Waals surface area contributed by atoms with Crippen LogP contribution >= 0.6 is 0 Å². The third-order valence-electron chi connectivity index (χ3n) is 4.60. The Labute approximate surface area is 167 Å². The zero-order valence-electron chi connectivity index (χ0n) is 16.4. The van der Waals surface area contributed by atoms with Crippen LogP contribution in [0.2, 0.25) is 0 Å². The van der Waals surface area contributed by atoms with E-state index in [1.54, 1.807) is 31.2 Å². The average molecular weight is 399 g/mol. The van der Waals surface area contributed by atoms with Crippen molar-refractivity contribution in [3.05, 3.63) is 58.0 Å². The van der Waals surface area contributed by atoms with Gasteiger partial charge in [0.05, 0.1) is 18.2 Å². The summed E-state index contributed by atoms with van der Waals surface area (Å²) in [4.78, 5) is 49.4. The molecule has 0 fully saturated rings. The fourth-order valence-electron chi connectivity index (χ4n) is 3.13. The van der Waals surface area contributed by atoms with Gasteiger partial charge in [-0.1, -0.05) is 11.6 Å². The number of nitrogens with zero attached hydrogens (tertiary/aromatic N) is 1. The van der Waals surface area contributed by atoms with E-state index in [2.05, 4.69) is 4.74 Å². The summed E-state index contributed by atoms with van der Waals surface area (Å²) < 4.78 is 15.1. The van der Waals surface area contributed by atoms with Crippen molar-refractivity contribution in [3.63, 3.8) is 0 Å². The van der Waals surface area contributed by atoms with E-state index in [1.807, 2.05) is 6.92 Å². The normalized spacial score (nSPS) is 12.9. The lowest BCUT2D eigenvalue weighted by Crippen LogP contribution is -2.31. The van der Waals surface area contributed by atoms with Gasteiger partial charge in [-0.05, 0) is 38.5 Å². The lowest BCUT2D eigenvalue weighted by Gasteiger charge is -2.13. The molecule has 8 heteroatoms. The summed E-state index contributed by atoms with van der Waals surface area (Å²) >= 11 is 0. The maximum atomic E-state index is 12.4. The zero-order valence-corrected chi connectivity index (χ0v) is 16.4. The molecule has 0 aliphatic carbocycles. The molecular formula is C21H21NO7. The number of imide groups is 1. The summed E-state index contributed by atoms with van der Waals surface area (Å²) in [5.41, 5.74) is 2.27. The van der Waals surface area contributed by atoms with Gasteiger partial charge in [-0.25, -0.2) is 4.79 Å². The van der Waals surface area contributed by atoms with Gasteiger partial charge in [0, 0.05) is 18.5 Å².